The summed E-state index contributed by atoms with van der Waals surface area (Å²) in [5.74, 6) is 0.0817. The van der Waals surface area contributed by atoms with Gasteiger partial charge in [0.15, 0.2) is 6.61 Å². The highest BCUT2D eigenvalue weighted by atomic mass is 79.9. The van der Waals surface area contributed by atoms with Crippen molar-refractivity contribution in [2.24, 2.45) is 5.16 Å². The van der Waals surface area contributed by atoms with Crippen molar-refractivity contribution < 1.29 is 14.7 Å². The number of carbonyl (C=O) groups excluding carboxylic acids is 1. The van der Waals surface area contributed by atoms with E-state index in [9.17, 15) is 4.79 Å². The van der Waals surface area contributed by atoms with Gasteiger partial charge in [-0.1, -0.05) is 44.8 Å². The quantitative estimate of drug-likeness (QED) is 0.467. The maximum Gasteiger partial charge on any atom is 0.262 e. The van der Waals surface area contributed by atoms with Crippen LogP contribution in [0.1, 0.15) is 5.56 Å². The zero-order chi connectivity index (χ0) is 15.9. The standard InChI is InChI=1S/C15H12BrClN2O3/c16-11-5-6-14(10(7-11)8-18-21)22-9-15(20)19-13-4-2-1-3-12(13)17/h1-8,21H,9H2,(H,19,20)/b18-8+. The van der Waals surface area contributed by atoms with E-state index in [-0.39, 0.29) is 12.5 Å². The average Bonchev–Trinajstić information content (AvgIpc) is 2.49. The van der Waals surface area contributed by atoms with Crippen molar-refractivity contribution in [3.63, 3.8) is 0 Å². The molecule has 0 aliphatic carbocycles. The fourth-order valence-corrected chi connectivity index (χ4v) is 2.27. The molecule has 0 unspecified atom stereocenters. The number of nitrogens with zero attached hydrogens (tertiary/aromatic N) is 1. The lowest BCUT2D eigenvalue weighted by Crippen LogP contribution is -2.20. The first-order valence-corrected chi connectivity index (χ1v) is 7.41. The van der Waals surface area contributed by atoms with E-state index in [1.54, 1.807) is 42.5 Å². The monoisotopic (exact) mass is 382 g/mol. The van der Waals surface area contributed by atoms with Gasteiger partial charge < -0.3 is 15.3 Å². The Morgan fingerprint density at radius 3 is 2.86 bits per heavy atom. The molecule has 0 aliphatic rings. The van der Waals surface area contributed by atoms with Crippen LogP contribution in [0.5, 0.6) is 5.75 Å². The van der Waals surface area contributed by atoms with Crippen LogP contribution < -0.4 is 10.1 Å². The molecule has 0 saturated heterocycles. The smallest absolute Gasteiger partial charge is 0.262 e. The molecule has 0 bridgehead atoms. The normalized spacial score (nSPS) is 10.6. The Morgan fingerprint density at radius 2 is 2.14 bits per heavy atom. The van der Waals surface area contributed by atoms with Gasteiger partial charge in [-0.25, -0.2) is 0 Å². The number of oxime groups is 1. The van der Waals surface area contributed by atoms with E-state index in [1.165, 1.54) is 6.21 Å². The van der Waals surface area contributed by atoms with Gasteiger partial charge >= 0.3 is 0 Å². The second-order valence-corrected chi connectivity index (χ2v) is 5.57. The minimum atomic E-state index is -0.345. The molecule has 0 atom stereocenters. The number of hydrogen-bond donors (Lipinski definition) is 2. The Bertz CT molecular complexity index is 707. The number of para-hydroxylation sites is 1. The molecule has 0 fully saturated rings. The Hall–Kier alpha value is -2.05. The molecule has 0 radical (unpaired) electrons. The van der Waals surface area contributed by atoms with Crippen LogP contribution in [0.25, 0.3) is 0 Å². The molecule has 1 amide bonds. The second kappa shape index (κ2) is 7.82. The van der Waals surface area contributed by atoms with Crippen molar-refractivity contribution in [1.82, 2.24) is 0 Å². The summed E-state index contributed by atoms with van der Waals surface area (Å²) in [6.07, 6.45) is 1.23. The van der Waals surface area contributed by atoms with Crippen LogP contribution in [0.3, 0.4) is 0 Å². The first kappa shape index (κ1) is 16.3. The first-order valence-electron chi connectivity index (χ1n) is 6.24. The number of benzene rings is 2. The number of hydrogen-bond acceptors (Lipinski definition) is 4. The van der Waals surface area contributed by atoms with Crippen LogP contribution in [0.15, 0.2) is 52.1 Å². The first-order chi connectivity index (χ1) is 10.6. The fraction of sp³-hybridized carbons (Fsp3) is 0.0667. The third-order valence-corrected chi connectivity index (χ3v) is 3.50. The topological polar surface area (TPSA) is 70.9 Å². The highest BCUT2D eigenvalue weighted by Gasteiger charge is 2.08. The molecule has 2 N–H and O–H groups in total. The van der Waals surface area contributed by atoms with Gasteiger partial charge in [0.2, 0.25) is 0 Å². The third-order valence-electron chi connectivity index (χ3n) is 2.68. The Labute approximate surface area is 140 Å². The van der Waals surface area contributed by atoms with Crippen molar-refractivity contribution in [3.05, 3.63) is 57.5 Å². The van der Waals surface area contributed by atoms with Gasteiger partial charge in [-0.15, -0.1) is 0 Å². The van der Waals surface area contributed by atoms with E-state index in [4.69, 9.17) is 21.5 Å². The van der Waals surface area contributed by atoms with E-state index in [2.05, 4.69) is 26.4 Å². The highest BCUT2D eigenvalue weighted by molar-refractivity contribution is 9.10. The minimum Gasteiger partial charge on any atom is -0.483 e. The molecule has 2 rings (SSSR count). The summed E-state index contributed by atoms with van der Waals surface area (Å²) in [6.45, 7) is -0.195. The number of nitrogens with one attached hydrogen (secondary N) is 1. The molecule has 0 spiro atoms. The van der Waals surface area contributed by atoms with E-state index in [0.717, 1.165) is 4.47 Å². The van der Waals surface area contributed by atoms with Crippen molar-refractivity contribution >= 4 is 45.3 Å². The van der Waals surface area contributed by atoms with E-state index in [1.807, 2.05) is 0 Å². The van der Waals surface area contributed by atoms with Crippen molar-refractivity contribution in [3.8, 4) is 5.75 Å². The molecule has 2 aromatic rings. The molecular formula is C15H12BrClN2O3. The molecule has 22 heavy (non-hydrogen) atoms. The molecule has 0 saturated carbocycles. The highest BCUT2D eigenvalue weighted by Crippen LogP contribution is 2.23. The number of ether oxygens (including phenoxy) is 1. The van der Waals surface area contributed by atoms with Crippen molar-refractivity contribution in [2.75, 3.05) is 11.9 Å². The zero-order valence-electron chi connectivity index (χ0n) is 11.3. The van der Waals surface area contributed by atoms with Crippen molar-refractivity contribution in [2.45, 2.75) is 0 Å². The van der Waals surface area contributed by atoms with Crippen LogP contribution in [0.2, 0.25) is 5.02 Å². The molecule has 0 aromatic heterocycles. The lowest BCUT2D eigenvalue weighted by Gasteiger charge is -2.10. The summed E-state index contributed by atoms with van der Waals surface area (Å²) < 4.78 is 6.24. The summed E-state index contributed by atoms with van der Waals surface area (Å²) in [7, 11) is 0. The largest absolute Gasteiger partial charge is 0.483 e. The van der Waals surface area contributed by atoms with Gasteiger partial charge in [0.05, 0.1) is 16.9 Å². The van der Waals surface area contributed by atoms with Gasteiger partial charge in [-0.3, -0.25) is 4.79 Å². The maximum absolute atomic E-state index is 11.9. The predicted octanol–water partition coefficient (Wildman–Crippen LogP) is 3.93. The molecule has 114 valence electrons. The molecule has 7 heteroatoms. The second-order valence-electron chi connectivity index (χ2n) is 4.24. The number of anilines is 1. The van der Waals surface area contributed by atoms with Crippen LogP contribution >= 0.6 is 27.5 Å². The summed E-state index contributed by atoms with van der Waals surface area (Å²) in [5.41, 5.74) is 1.06. The van der Waals surface area contributed by atoms with E-state index < -0.39 is 0 Å². The molecular weight excluding hydrogens is 372 g/mol. The molecule has 0 aliphatic heterocycles. The number of amides is 1. The van der Waals surface area contributed by atoms with Gasteiger partial charge in [-0.05, 0) is 30.3 Å². The van der Waals surface area contributed by atoms with Gasteiger partial charge in [0.25, 0.3) is 5.91 Å². The van der Waals surface area contributed by atoms with Gasteiger partial charge in [0.1, 0.15) is 5.75 Å². The Kier molecular flexibility index (Phi) is 5.80. The number of carbonyl (C=O) groups is 1. The van der Waals surface area contributed by atoms with E-state index >= 15 is 0 Å². The summed E-state index contributed by atoms with van der Waals surface area (Å²) in [4.78, 5) is 11.9. The van der Waals surface area contributed by atoms with Crippen molar-refractivity contribution in [1.29, 1.82) is 0 Å². The SMILES string of the molecule is O=C(COc1ccc(Br)cc1/C=N/O)Nc1ccccc1Cl. The summed E-state index contributed by atoms with van der Waals surface area (Å²) in [6, 6.07) is 12.1. The molecule has 5 nitrogen and oxygen atoms in total. The van der Waals surface area contributed by atoms with Gasteiger partial charge in [0, 0.05) is 10.0 Å². The van der Waals surface area contributed by atoms with Crippen LogP contribution in [-0.2, 0) is 4.79 Å². The summed E-state index contributed by atoms with van der Waals surface area (Å²) >= 11 is 9.27. The van der Waals surface area contributed by atoms with E-state index in [0.29, 0.717) is 22.0 Å². The fourth-order valence-electron chi connectivity index (χ4n) is 1.71. The van der Waals surface area contributed by atoms with Crippen LogP contribution in [0.4, 0.5) is 5.69 Å². The third kappa shape index (κ3) is 4.47. The zero-order valence-corrected chi connectivity index (χ0v) is 13.6. The lowest BCUT2D eigenvalue weighted by atomic mass is 10.2. The average molecular weight is 384 g/mol. The predicted molar refractivity (Wildman–Crippen MR) is 89.1 cm³/mol. The molecule has 0 heterocycles. The number of halogens is 2. The van der Waals surface area contributed by atoms with Gasteiger partial charge in [-0.2, -0.15) is 0 Å². The summed E-state index contributed by atoms with van der Waals surface area (Å²) in [5, 5.41) is 14.7. The Morgan fingerprint density at radius 1 is 1.36 bits per heavy atom. The lowest BCUT2D eigenvalue weighted by molar-refractivity contribution is -0.118. The Balaban J connectivity index is 2.01. The number of rotatable bonds is 5. The molecule has 2 aromatic carbocycles. The minimum absolute atomic E-state index is 0.195. The van der Waals surface area contributed by atoms with Crippen LogP contribution in [-0.4, -0.2) is 23.9 Å². The maximum atomic E-state index is 11.9. The van der Waals surface area contributed by atoms with Crippen LogP contribution in [0, 0.1) is 0 Å².